The highest BCUT2D eigenvalue weighted by Gasteiger charge is 2.16. The lowest BCUT2D eigenvalue weighted by molar-refractivity contribution is -0.136. The van der Waals surface area contributed by atoms with Gasteiger partial charge in [0.2, 0.25) is 6.29 Å². The quantitative estimate of drug-likeness (QED) is 0.299. The van der Waals surface area contributed by atoms with Gasteiger partial charge in [0.05, 0.1) is 12.7 Å². The molecule has 0 aliphatic heterocycles. The molecular formula is C17H34O4. The lowest BCUT2D eigenvalue weighted by Gasteiger charge is -2.20. The number of unbranched alkanes of at least 4 members (excludes halogenated alkanes) is 3. The molecule has 0 radical (unpaired) electrons. The number of hydrogen-bond donors (Lipinski definition) is 1. The minimum atomic E-state index is -0.466. The van der Waals surface area contributed by atoms with E-state index in [0.29, 0.717) is 32.0 Å². The molecule has 0 saturated carbocycles. The predicted molar refractivity (Wildman–Crippen MR) is 86.1 cm³/mol. The first-order valence-corrected chi connectivity index (χ1v) is 8.43. The van der Waals surface area contributed by atoms with E-state index in [4.69, 9.17) is 14.2 Å². The highest BCUT2D eigenvalue weighted by molar-refractivity contribution is 4.98. The van der Waals surface area contributed by atoms with Crippen molar-refractivity contribution in [2.24, 2.45) is 0 Å². The van der Waals surface area contributed by atoms with Crippen LogP contribution in [0.5, 0.6) is 0 Å². The summed E-state index contributed by atoms with van der Waals surface area (Å²) in [6.07, 6.45) is 7.27. The Labute approximate surface area is 130 Å². The molecule has 4 nitrogen and oxygen atoms in total. The molecule has 0 aromatic rings. The summed E-state index contributed by atoms with van der Waals surface area (Å²) in [6, 6.07) is 0. The van der Waals surface area contributed by atoms with E-state index < -0.39 is 6.29 Å². The van der Waals surface area contributed by atoms with Crippen molar-refractivity contribution in [3.63, 3.8) is 0 Å². The summed E-state index contributed by atoms with van der Waals surface area (Å²) in [5.41, 5.74) is 0. The van der Waals surface area contributed by atoms with Crippen molar-refractivity contribution in [1.82, 2.24) is 0 Å². The van der Waals surface area contributed by atoms with Crippen LogP contribution < -0.4 is 0 Å². The second-order valence-electron chi connectivity index (χ2n) is 5.02. The van der Waals surface area contributed by atoms with E-state index in [1.165, 1.54) is 19.3 Å². The van der Waals surface area contributed by atoms with Gasteiger partial charge in [-0.15, -0.1) is 0 Å². The number of ether oxygens (including phenoxy) is 3. The number of hydrogen-bond acceptors (Lipinski definition) is 4. The van der Waals surface area contributed by atoms with Crippen molar-refractivity contribution in [2.75, 3.05) is 19.8 Å². The van der Waals surface area contributed by atoms with E-state index in [1.54, 1.807) is 0 Å². The molecule has 0 aromatic carbocycles. The Bertz CT molecular complexity index is 247. The second kappa shape index (κ2) is 14.4. The molecule has 1 N–H and O–H groups in total. The van der Waals surface area contributed by atoms with Gasteiger partial charge in [0.15, 0.2) is 0 Å². The van der Waals surface area contributed by atoms with Crippen molar-refractivity contribution in [2.45, 2.75) is 78.6 Å². The van der Waals surface area contributed by atoms with E-state index in [0.717, 1.165) is 12.8 Å². The largest absolute Gasteiger partial charge is 0.493 e. The topological polar surface area (TPSA) is 47.9 Å². The minimum absolute atomic E-state index is 0.318. The summed E-state index contributed by atoms with van der Waals surface area (Å²) < 4.78 is 16.7. The van der Waals surface area contributed by atoms with Crippen LogP contribution in [0.4, 0.5) is 0 Å². The summed E-state index contributed by atoms with van der Waals surface area (Å²) in [7, 11) is 0. The van der Waals surface area contributed by atoms with E-state index in [-0.39, 0.29) is 6.10 Å². The Hall–Kier alpha value is -0.580. The predicted octanol–water partition coefficient (Wildman–Crippen LogP) is 4.03. The van der Waals surface area contributed by atoms with E-state index in [1.807, 2.05) is 26.8 Å². The molecule has 0 rings (SSSR count). The standard InChI is InChI=1S/C17H34O4/c1-5-9-10-11-12-15(18)13-14-16(19-6-2)17(20-7-3)21-8-4/h14-15,17-18H,5-13H2,1-4H3/b16-14-. The summed E-state index contributed by atoms with van der Waals surface area (Å²) in [5.74, 6) is 0.675. The highest BCUT2D eigenvalue weighted by Crippen LogP contribution is 2.15. The number of rotatable bonds is 14. The van der Waals surface area contributed by atoms with E-state index >= 15 is 0 Å². The average Bonchev–Trinajstić information content (AvgIpc) is 2.48. The van der Waals surface area contributed by atoms with Crippen LogP contribution in [-0.4, -0.2) is 37.3 Å². The molecule has 0 bridgehead atoms. The van der Waals surface area contributed by atoms with Gasteiger partial charge in [0.1, 0.15) is 5.76 Å². The van der Waals surface area contributed by atoms with Gasteiger partial charge >= 0.3 is 0 Å². The molecule has 0 spiro atoms. The summed E-state index contributed by atoms with van der Waals surface area (Å²) in [5, 5.41) is 10.0. The zero-order chi connectivity index (χ0) is 15.9. The van der Waals surface area contributed by atoms with Crippen molar-refractivity contribution >= 4 is 0 Å². The van der Waals surface area contributed by atoms with Gasteiger partial charge in [-0.05, 0) is 39.7 Å². The van der Waals surface area contributed by atoms with Gasteiger partial charge in [0, 0.05) is 13.2 Å². The molecule has 0 fully saturated rings. The van der Waals surface area contributed by atoms with Gasteiger partial charge in [-0.2, -0.15) is 0 Å². The van der Waals surface area contributed by atoms with Gasteiger partial charge in [0.25, 0.3) is 0 Å². The fourth-order valence-corrected chi connectivity index (χ4v) is 2.08. The van der Waals surface area contributed by atoms with Crippen LogP contribution in [0.25, 0.3) is 0 Å². The summed E-state index contributed by atoms with van der Waals surface area (Å²) in [4.78, 5) is 0. The summed E-state index contributed by atoms with van der Waals surface area (Å²) in [6.45, 7) is 9.67. The third-order valence-electron chi connectivity index (χ3n) is 3.16. The first-order chi connectivity index (χ1) is 10.2. The van der Waals surface area contributed by atoms with Crippen LogP contribution in [0.3, 0.4) is 0 Å². The Morgan fingerprint density at radius 3 is 2.14 bits per heavy atom. The zero-order valence-electron chi connectivity index (χ0n) is 14.3. The van der Waals surface area contributed by atoms with Gasteiger partial charge < -0.3 is 19.3 Å². The van der Waals surface area contributed by atoms with Crippen LogP contribution in [0.1, 0.15) is 66.2 Å². The Morgan fingerprint density at radius 1 is 0.952 bits per heavy atom. The Balaban J connectivity index is 4.34. The zero-order valence-corrected chi connectivity index (χ0v) is 14.3. The minimum Gasteiger partial charge on any atom is -0.493 e. The van der Waals surface area contributed by atoms with Crippen molar-refractivity contribution in [3.8, 4) is 0 Å². The van der Waals surface area contributed by atoms with Crippen LogP contribution in [-0.2, 0) is 14.2 Å². The molecule has 1 atom stereocenters. The lowest BCUT2D eigenvalue weighted by Crippen LogP contribution is -2.22. The fraction of sp³-hybridized carbons (Fsp3) is 0.882. The lowest BCUT2D eigenvalue weighted by atomic mass is 10.1. The molecule has 0 saturated heterocycles. The van der Waals surface area contributed by atoms with Crippen LogP contribution in [0, 0.1) is 0 Å². The molecule has 126 valence electrons. The molecular weight excluding hydrogens is 268 g/mol. The normalized spacial score (nSPS) is 13.7. The Morgan fingerprint density at radius 2 is 1.62 bits per heavy atom. The van der Waals surface area contributed by atoms with E-state index in [2.05, 4.69) is 6.92 Å². The smallest absolute Gasteiger partial charge is 0.216 e. The highest BCUT2D eigenvalue weighted by atomic mass is 16.7. The van der Waals surface area contributed by atoms with Crippen LogP contribution >= 0.6 is 0 Å². The maximum Gasteiger partial charge on any atom is 0.216 e. The maximum atomic E-state index is 10.0. The van der Waals surface area contributed by atoms with Gasteiger partial charge in [-0.25, -0.2) is 0 Å². The van der Waals surface area contributed by atoms with Crippen LogP contribution in [0.2, 0.25) is 0 Å². The second-order valence-corrected chi connectivity index (χ2v) is 5.02. The van der Waals surface area contributed by atoms with Crippen molar-refractivity contribution in [3.05, 3.63) is 11.8 Å². The van der Waals surface area contributed by atoms with Gasteiger partial charge in [-0.3, -0.25) is 0 Å². The van der Waals surface area contributed by atoms with Crippen molar-refractivity contribution < 1.29 is 19.3 Å². The SMILES string of the molecule is CCCCCCC(O)C/C=C(\OCC)C(OCC)OCC. The third kappa shape index (κ3) is 10.7. The van der Waals surface area contributed by atoms with Crippen molar-refractivity contribution in [1.29, 1.82) is 0 Å². The monoisotopic (exact) mass is 302 g/mol. The summed E-state index contributed by atoms with van der Waals surface area (Å²) >= 11 is 0. The molecule has 0 aliphatic rings. The fourth-order valence-electron chi connectivity index (χ4n) is 2.08. The average molecular weight is 302 g/mol. The molecule has 0 heterocycles. The first kappa shape index (κ1) is 20.4. The Kier molecular flexibility index (Phi) is 14.0. The molecule has 0 aromatic heterocycles. The van der Waals surface area contributed by atoms with E-state index in [9.17, 15) is 5.11 Å². The first-order valence-electron chi connectivity index (χ1n) is 8.43. The van der Waals surface area contributed by atoms with Crippen LogP contribution in [0.15, 0.2) is 11.8 Å². The molecule has 0 aliphatic carbocycles. The third-order valence-corrected chi connectivity index (χ3v) is 3.16. The number of aliphatic hydroxyl groups is 1. The van der Waals surface area contributed by atoms with Gasteiger partial charge in [-0.1, -0.05) is 32.6 Å². The molecule has 1 unspecified atom stereocenters. The maximum absolute atomic E-state index is 10.0. The molecule has 21 heavy (non-hydrogen) atoms. The molecule has 0 amide bonds. The number of aliphatic hydroxyl groups excluding tert-OH is 1. The molecule has 4 heteroatoms.